The summed E-state index contributed by atoms with van der Waals surface area (Å²) >= 11 is 0. The molecule has 0 saturated carbocycles. The third-order valence-corrected chi connectivity index (χ3v) is 5.84. The molecule has 1 saturated heterocycles. The molecule has 2 aliphatic rings. The van der Waals surface area contributed by atoms with Gasteiger partial charge in [-0.15, -0.1) is 0 Å². The average molecular weight is 464 g/mol. The van der Waals surface area contributed by atoms with Gasteiger partial charge in [0.2, 0.25) is 5.91 Å². The molecule has 2 aromatic rings. The zero-order valence-electron chi connectivity index (χ0n) is 19.0. The summed E-state index contributed by atoms with van der Waals surface area (Å²) in [6.07, 6.45) is 3.26. The number of amides is 1. The molecule has 0 aliphatic carbocycles. The highest BCUT2D eigenvalue weighted by Gasteiger charge is 2.30. The molecule has 9 heteroatoms. The summed E-state index contributed by atoms with van der Waals surface area (Å²) in [7, 11) is 0. The van der Waals surface area contributed by atoms with E-state index in [4.69, 9.17) is 9.94 Å². The van der Waals surface area contributed by atoms with Crippen molar-refractivity contribution in [3.8, 4) is 0 Å². The SMILES string of the molecule is O=C(O)CN1CCN(CC2CC(c3ccc(C=NNCCc4ccccc4)cc3)=NO2)CC1=O. The molecule has 2 heterocycles. The molecule has 2 aromatic carbocycles. The summed E-state index contributed by atoms with van der Waals surface area (Å²) in [6.45, 7) is 2.35. The van der Waals surface area contributed by atoms with E-state index in [2.05, 4.69) is 27.8 Å². The zero-order chi connectivity index (χ0) is 23.8. The Hall–Kier alpha value is -3.72. The van der Waals surface area contributed by atoms with Gasteiger partial charge in [0.15, 0.2) is 0 Å². The summed E-state index contributed by atoms with van der Waals surface area (Å²) in [5.74, 6) is -1.16. The number of carbonyl (C=O) groups excluding carboxylic acids is 1. The van der Waals surface area contributed by atoms with Crippen molar-refractivity contribution < 1.29 is 19.5 Å². The molecule has 9 nitrogen and oxygen atoms in total. The molecule has 1 unspecified atom stereocenters. The molecule has 4 rings (SSSR count). The van der Waals surface area contributed by atoms with Gasteiger partial charge in [0, 0.05) is 32.6 Å². The molecular formula is C25H29N5O4. The Labute approximate surface area is 198 Å². The minimum absolute atomic E-state index is 0.121. The van der Waals surface area contributed by atoms with Crippen LogP contribution in [0.3, 0.4) is 0 Å². The first-order valence-corrected chi connectivity index (χ1v) is 11.4. The highest BCUT2D eigenvalue weighted by molar-refractivity contribution is 6.01. The summed E-state index contributed by atoms with van der Waals surface area (Å²) in [6, 6.07) is 18.3. The first-order valence-electron chi connectivity index (χ1n) is 11.4. The van der Waals surface area contributed by atoms with Crippen molar-refractivity contribution in [1.29, 1.82) is 0 Å². The lowest BCUT2D eigenvalue weighted by Crippen LogP contribution is -2.53. The Bertz CT molecular complexity index is 1040. The Morgan fingerprint density at radius 1 is 1.18 bits per heavy atom. The standard InChI is InChI=1S/C25H29N5O4/c31-24-17-29(12-13-30(24)18-25(32)33)16-22-14-23(28-34-22)21-8-6-20(7-9-21)15-27-26-11-10-19-4-2-1-3-5-19/h1-9,15,22,26H,10-14,16-18H2,(H,32,33). The van der Waals surface area contributed by atoms with Crippen LogP contribution in [0.15, 0.2) is 64.9 Å². The number of piperazine rings is 1. The summed E-state index contributed by atoms with van der Waals surface area (Å²) in [5.41, 5.74) is 7.22. The molecule has 1 atom stereocenters. The summed E-state index contributed by atoms with van der Waals surface area (Å²) in [5, 5.41) is 17.4. The van der Waals surface area contributed by atoms with Gasteiger partial charge in [-0.25, -0.2) is 0 Å². The monoisotopic (exact) mass is 463 g/mol. The highest BCUT2D eigenvalue weighted by Crippen LogP contribution is 2.19. The number of carbonyl (C=O) groups is 2. The van der Waals surface area contributed by atoms with Crippen molar-refractivity contribution in [2.45, 2.75) is 18.9 Å². The second kappa shape index (κ2) is 11.4. The maximum Gasteiger partial charge on any atom is 0.323 e. The van der Waals surface area contributed by atoms with Gasteiger partial charge in [-0.05, 0) is 23.1 Å². The van der Waals surface area contributed by atoms with Crippen molar-refractivity contribution in [2.75, 3.05) is 39.3 Å². The summed E-state index contributed by atoms with van der Waals surface area (Å²) < 4.78 is 0. The minimum Gasteiger partial charge on any atom is -0.480 e. The number of aliphatic carboxylic acids is 1. The van der Waals surface area contributed by atoms with Gasteiger partial charge in [-0.3, -0.25) is 14.5 Å². The van der Waals surface area contributed by atoms with E-state index in [9.17, 15) is 9.59 Å². The number of oxime groups is 1. The van der Waals surface area contributed by atoms with E-state index in [-0.39, 0.29) is 25.1 Å². The normalized spacial score (nSPS) is 18.7. The molecule has 34 heavy (non-hydrogen) atoms. The molecule has 178 valence electrons. The largest absolute Gasteiger partial charge is 0.480 e. The lowest BCUT2D eigenvalue weighted by atomic mass is 10.0. The quantitative estimate of drug-likeness (QED) is 0.315. The number of carboxylic acids is 1. The van der Waals surface area contributed by atoms with Gasteiger partial charge < -0.3 is 20.3 Å². The molecule has 1 fully saturated rings. The molecule has 0 spiro atoms. The van der Waals surface area contributed by atoms with Gasteiger partial charge in [-0.1, -0.05) is 59.8 Å². The summed E-state index contributed by atoms with van der Waals surface area (Å²) in [4.78, 5) is 32.0. The Balaban J connectivity index is 1.19. The lowest BCUT2D eigenvalue weighted by Gasteiger charge is -2.34. The Kier molecular flexibility index (Phi) is 7.87. The third kappa shape index (κ3) is 6.64. The minimum atomic E-state index is -0.990. The van der Waals surface area contributed by atoms with E-state index in [1.54, 1.807) is 6.21 Å². The number of nitrogens with one attached hydrogen (secondary N) is 1. The van der Waals surface area contributed by atoms with Gasteiger partial charge in [0.25, 0.3) is 0 Å². The molecule has 0 radical (unpaired) electrons. The number of hydrazone groups is 1. The van der Waals surface area contributed by atoms with E-state index in [1.807, 2.05) is 47.4 Å². The van der Waals surface area contributed by atoms with Crippen LogP contribution >= 0.6 is 0 Å². The molecular weight excluding hydrogens is 434 g/mol. The highest BCUT2D eigenvalue weighted by atomic mass is 16.6. The van der Waals surface area contributed by atoms with Crippen LogP contribution < -0.4 is 5.43 Å². The average Bonchev–Trinajstić information content (AvgIpc) is 3.30. The first kappa shape index (κ1) is 23.4. The number of rotatable bonds is 10. The Morgan fingerprint density at radius 3 is 2.71 bits per heavy atom. The Morgan fingerprint density at radius 2 is 1.97 bits per heavy atom. The molecule has 2 aliphatic heterocycles. The molecule has 1 amide bonds. The van der Waals surface area contributed by atoms with Gasteiger partial charge in [-0.2, -0.15) is 5.10 Å². The van der Waals surface area contributed by atoms with Crippen LogP contribution in [0.4, 0.5) is 0 Å². The van der Waals surface area contributed by atoms with Crippen LogP contribution in [-0.4, -0.2) is 84.1 Å². The number of hydrogen-bond donors (Lipinski definition) is 2. The fraction of sp³-hybridized carbons (Fsp3) is 0.360. The fourth-order valence-corrected chi connectivity index (χ4v) is 4.02. The van der Waals surface area contributed by atoms with Crippen LogP contribution in [-0.2, 0) is 20.8 Å². The third-order valence-electron chi connectivity index (χ3n) is 5.84. The van der Waals surface area contributed by atoms with Crippen molar-refractivity contribution >= 4 is 23.8 Å². The number of carboxylic acid groups (broad SMARTS) is 1. The number of nitrogens with zero attached hydrogens (tertiary/aromatic N) is 4. The number of benzene rings is 2. The van der Waals surface area contributed by atoms with Crippen LogP contribution in [0.25, 0.3) is 0 Å². The predicted molar refractivity (Wildman–Crippen MR) is 129 cm³/mol. The van der Waals surface area contributed by atoms with E-state index < -0.39 is 5.97 Å². The van der Waals surface area contributed by atoms with E-state index >= 15 is 0 Å². The molecule has 2 N–H and O–H groups in total. The van der Waals surface area contributed by atoms with Crippen LogP contribution in [0, 0.1) is 0 Å². The van der Waals surface area contributed by atoms with Crippen molar-refractivity contribution in [3.63, 3.8) is 0 Å². The second-order valence-corrected chi connectivity index (χ2v) is 8.44. The van der Waals surface area contributed by atoms with E-state index in [1.165, 1.54) is 10.5 Å². The molecule has 0 bridgehead atoms. The van der Waals surface area contributed by atoms with Gasteiger partial charge in [0.05, 0.1) is 18.5 Å². The lowest BCUT2D eigenvalue weighted by molar-refractivity contribution is -0.147. The number of hydrogen-bond acceptors (Lipinski definition) is 7. The smallest absolute Gasteiger partial charge is 0.323 e. The van der Waals surface area contributed by atoms with E-state index in [0.29, 0.717) is 26.1 Å². The van der Waals surface area contributed by atoms with Gasteiger partial charge >= 0.3 is 5.97 Å². The first-order chi connectivity index (χ1) is 16.6. The van der Waals surface area contributed by atoms with Crippen LogP contribution in [0.2, 0.25) is 0 Å². The topological polar surface area (TPSA) is 107 Å². The maximum atomic E-state index is 12.1. The molecule has 0 aromatic heterocycles. The van der Waals surface area contributed by atoms with Crippen molar-refractivity contribution in [2.24, 2.45) is 10.3 Å². The second-order valence-electron chi connectivity index (χ2n) is 8.44. The van der Waals surface area contributed by atoms with Crippen molar-refractivity contribution in [3.05, 3.63) is 71.3 Å². The van der Waals surface area contributed by atoms with E-state index in [0.717, 1.165) is 29.8 Å². The zero-order valence-corrected chi connectivity index (χ0v) is 19.0. The van der Waals surface area contributed by atoms with Crippen molar-refractivity contribution in [1.82, 2.24) is 15.2 Å². The van der Waals surface area contributed by atoms with Crippen LogP contribution in [0.1, 0.15) is 23.1 Å². The van der Waals surface area contributed by atoms with Crippen LogP contribution in [0.5, 0.6) is 0 Å². The fourth-order valence-electron chi connectivity index (χ4n) is 4.02. The predicted octanol–water partition coefficient (Wildman–Crippen LogP) is 1.57. The van der Waals surface area contributed by atoms with Gasteiger partial charge in [0.1, 0.15) is 12.6 Å². The maximum absolute atomic E-state index is 12.1.